The number of carboxylic acids is 1. The number of ether oxygens (including phenoxy) is 1. The van der Waals surface area contributed by atoms with Crippen LogP contribution in [0.15, 0.2) is 40.9 Å². The van der Waals surface area contributed by atoms with Gasteiger partial charge in [0.1, 0.15) is 12.4 Å². The Bertz CT molecular complexity index is 659. The molecule has 20 heavy (non-hydrogen) atoms. The van der Waals surface area contributed by atoms with Gasteiger partial charge in [0.2, 0.25) is 0 Å². The molecule has 0 amide bonds. The van der Waals surface area contributed by atoms with Crippen LogP contribution in [0.4, 0.5) is 8.78 Å². The van der Waals surface area contributed by atoms with Gasteiger partial charge in [-0.15, -0.1) is 0 Å². The van der Waals surface area contributed by atoms with Crippen molar-refractivity contribution in [2.24, 2.45) is 0 Å². The van der Waals surface area contributed by atoms with Gasteiger partial charge in [-0.05, 0) is 42.0 Å². The number of halogens is 3. The Kier molecular flexibility index (Phi) is 4.34. The van der Waals surface area contributed by atoms with E-state index in [4.69, 9.17) is 9.84 Å². The molecule has 0 aliphatic heterocycles. The smallest absolute Gasteiger partial charge is 0.335 e. The van der Waals surface area contributed by atoms with Gasteiger partial charge in [0.15, 0.2) is 11.6 Å². The third kappa shape index (κ3) is 3.54. The van der Waals surface area contributed by atoms with Crippen LogP contribution in [0, 0.1) is 11.6 Å². The topological polar surface area (TPSA) is 46.5 Å². The van der Waals surface area contributed by atoms with Gasteiger partial charge in [-0.3, -0.25) is 0 Å². The van der Waals surface area contributed by atoms with E-state index < -0.39 is 17.6 Å². The van der Waals surface area contributed by atoms with E-state index in [1.165, 1.54) is 18.2 Å². The highest BCUT2D eigenvalue weighted by molar-refractivity contribution is 9.10. The average molecular weight is 343 g/mol. The molecule has 0 aromatic heterocycles. The minimum Gasteiger partial charge on any atom is -0.486 e. The molecule has 6 heteroatoms. The number of hydrogen-bond acceptors (Lipinski definition) is 2. The second kappa shape index (κ2) is 6.00. The van der Waals surface area contributed by atoms with Gasteiger partial charge >= 0.3 is 5.97 Å². The third-order valence-corrected chi connectivity index (χ3v) is 2.99. The van der Waals surface area contributed by atoms with Crippen molar-refractivity contribution in [2.75, 3.05) is 0 Å². The molecule has 0 fully saturated rings. The molecular weight excluding hydrogens is 334 g/mol. The summed E-state index contributed by atoms with van der Waals surface area (Å²) in [7, 11) is 0. The first kappa shape index (κ1) is 14.5. The highest BCUT2D eigenvalue weighted by Gasteiger charge is 2.09. The summed E-state index contributed by atoms with van der Waals surface area (Å²) in [4.78, 5) is 10.8. The first-order valence-corrected chi connectivity index (χ1v) is 6.35. The fourth-order valence-electron chi connectivity index (χ4n) is 1.61. The molecule has 0 atom stereocenters. The summed E-state index contributed by atoms with van der Waals surface area (Å²) in [6, 6.07) is 7.60. The minimum absolute atomic E-state index is 0.00864. The zero-order valence-electron chi connectivity index (χ0n) is 10.1. The standard InChI is InChI=1S/C14H9BrF2O3/c15-10-1-2-13(12(17)6-10)20-7-8-3-9(14(18)19)5-11(16)4-8/h1-6H,7H2,(H,18,19). The molecule has 0 unspecified atom stereocenters. The van der Waals surface area contributed by atoms with Crippen LogP contribution >= 0.6 is 15.9 Å². The van der Waals surface area contributed by atoms with Crippen molar-refractivity contribution in [3.05, 3.63) is 63.6 Å². The van der Waals surface area contributed by atoms with E-state index in [-0.39, 0.29) is 17.9 Å². The van der Waals surface area contributed by atoms with Gasteiger partial charge in [-0.2, -0.15) is 0 Å². The van der Waals surface area contributed by atoms with Crippen LogP contribution in [0.3, 0.4) is 0 Å². The lowest BCUT2D eigenvalue weighted by Gasteiger charge is -2.08. The highest BCUT2D eigenvalue weighted by Crippen LogP contribution is 2.22. The Balaban J connectivity index is 2.16. The SMILES string of the molecule is O=C(O)c1cc(F)cc(COc2ccc(Br)cc2F)c1. The maximum atomic E-state index is 13.5. The van der Waals surface area contributed by atoms with Gasteiger partial charge < -0.3 is 9.84 Å². The van der Waals surface area contributed by atoms with Crippen LogP contribution in [0.25, 0.3) is 0 Å². The third-order valence-electron chi connectivity index (χ3n) is 2.49. The second-order valence-corrected chi connectivity index (χ2v) is 4.93. The molecule has 0 radical (unpaired) electrons. The van der Waals surface area contributed by atoms with E-state index in [0.717, 1.165) is 12.1 Å². The van der Waals surface area contributed by atoms with Crippen LogP contribution in [0.1, 0.15) is 15.9 Å². The second-order valence-electron chi connectivity index (χ2n) is 4.02. The summed E-state index contributed by atoms with van der Waals surface area (Å²) < 4.78 is 32.5. The maximum absolute atomic E-state index is 13.5. The highest BCUT2D eigenvalue weighted by atomic mass is 79.9. The lowest BCUT2D eigenvalue weighted by Crippen LogP contribution is -2.02. The van der Waals surface area contributed by atoms with Gasteiger partial charge in [0, 0.05) is 4.47 Å². The molecule has 2 aromatic rings. The predicted molar refractivity (Wildman–Crippen MR) is 71.8 cm³/mol. The molecule has 0 aliphatic rings. The average Bonchev–Trinajstić information content (AvgIpc) is 2.37. The van der Waals surface area contributed by atoms with Crippen LogP contribution in [-0.2, 0) is 6.61 Å². The Hall–Kier alpha value is -1.95. The van der Waals surface area contributed by atoms with Crippen LogP contribution in [0.5, 0.6) is 5.75 Å². The summed E-state index contributed by atoms with van der Waals surface area (Å²) in [6.07, 6.45) is 0. The normalized spacial score (nSPS) is 10.3. The predicted octanol–water partition coefficient (Wildman–Crippen LogP) is 4.00. The molecule has 1 N–H and O–H groups in total. The molecule has 0 bridgehead atoms. The molecular formula is C14H9BrF2O3. The first-order valence-electron chi connectivity index (χ1n) is 5.56. The Morgan fingerprint density at radius 2 is 1.95 bits per heavy atom. The van der Waals surface area contributed by atoms with Crippen molar-refractivity contribution in [2.45, 2.75) is 6.61 Å². The maximum Gasteiger partial charge on any atom is 0.335 e. The Morgan fingerprint density at radius 1 is 1.20 bits per heavy atom. The number of carboxylic acid groups (broad SMARTS) is 1. The van der Waals surface area contributed by atoms with E-state index in [2.05, 4.69) is 15.9 Å². The van der Waals surface area contributed by atoms with Crippen molar-refractivity contribution in [1.82, 2.24) is 0 Å². The zero-order valence-corrected chi connectivity index (χ0v) is 11.7. The molecule has 0 heterocycles. The number of rotatable bonds is 4. The zero-order chi connectivity index (χ0) is 14.7. The molecule has 2 aromatic carbocycles. The monoisotopic (exact) mass is 342 g/mol. The van der Waals surface area contributed by atoms with Crippen LogP contribution < -0.4 is 4.74 Å². The van der Waals surface area contributed by atoms with Gasteiger partial charge in [0.25, 0.3) is 0 Å². The van der Waals surface area contributed by atoms with Crippen molar-refractivity contribution in [1.29, 1.82) is 0 Å². The van der Waals surface area contributed by atoms with E-state index in [1.807, 2.05) is 0 Å². The van der Waals surface area contributed by atoms with Crippen molar-refractivity contribution in [3.8, 4) is 5.75 Å². The van der Waals surface area contributed by atoms with E-state index >= 15 is 0 Å². The molecule has 104 valence electrons. The molecule has 0 aliphatic carbocycles. The van der Waals surface area contributed by atoms with Crippen molar-refractivity contribution < 1.29 is 23.4 Å². The Morgan fingerprint density at radius 3 is 2.60 bits per heavy atom. The fraction of sp³-hybridized carbons (Fsp3) is 0.0714. The van der Waals surface area contributed by atoms with Crippen LogP contribution in [-0.4, -0.2) is 11.1 Å². The van der Waals surface area contributed by atoms with E-state index in [1.54, 1.807) is 6.07 Å². The quantitative estimate of drug-likeness (QED) is 0.913. The molecule has 3 nitrogen and oxygen atoms in total. The fourth-order valence-corrected chi connectivity index (χ4v) is 1.94. The number of carbonyl (C=O) groups is 1. The van der Waals surface area contributed by atoms with E-state index in [9.17, 15) is 13.6 Å². The lowest BCUT2D eigenvalue weighted by atomic mass is 10.1. The number of benzene rings is 2. The summed E-state index contributed by atoms with van der Waals surface area (Å²) in [5.41, 5.74) is 0.129. The molecule has 0 spiro atoms. The van der Waals surface area contributed by atoms with Crippen LogP contribution in [0.2, 0.25) is 0 Å². The minimum atomic E-state index is -1.24. The van der Waals surface area contributed by atoms with Crippen molar-refractivity contribution in [3.63, 3.8) is 0 Å². The summed E-state index contributed by atoms with van der Waals surface area (Å²) in [6.45, 7) is -0.128. The molecule has 0 saturated heterocycles. The molecule has 0 saturated carbocycles. The summed E-state index contributed by atoms with van der Waals surface area (Å²) in [5.74, 6) is -2.47. The number of hydrogen-bond donors (Lipinski definition) is 1. The Labute approximate surface area is 121 Å². The van der Waals surface area contributed by atoms with Crippen molar-refractivity contribution >= 4 is 21.9 Å². The summed E-state index contributed by atoms with van der Waals surface area (Å²) >= 11 is 3.12. The van der Waals surface area contributed by atoms with Gasteiger partial charge in [0.05, 0.1) is 5.56 Å². The van der Waals surface area contributed by atoms with Gasteiger partial charge in [-0.25, -0.2) is 13.6 Å². The number of aromatic carboxylic acids is 1. The first-order chi connectivity index (χ1) is 9.45. The van der Waals surface area contributed by atoms with Gasteiger partial charge in [-0.1, -0.05) is 15.9 Å². The summed E-state index contributed by atoms with van der Waals surface area (Å²) in [5, 5.41) is 8.82. The van der Waals surface area contributed by atoms with E-state index in [0.29, 0.717) is 10.0 Å². The molecule has 2 rings (SSSR count). The lowest BCUT2D eigenvalue weighted by molar-refractivity contribution is 0.0696. The largest absolute Gasteiger partial charge is 0.486 e.